The van der Waals surface area contributed by atoms with Gasteiger partial charge in [-0.2, -0.15) is 5.10 Å². The molecule has 0 aliphatic heterocycles. The highest BCUT2D eigenvalue weighted by Gasteiger charge is 2.15. The predicted molar refractivity (Wildman–Crippen MR) is 67.0 cm³/mol. The molecule has 0 saturated heterocycles. The molecule has 0 unspecified atom stereocenters. The predicted octanol–water partition coefficient (Wildman–Crippen LogP) is 2.68. The first-order valence-electron chi connectivity index (χ1n) is 5.71. The van der Waals surface area contributed by atoms with Crippen molar-refractivity contribution in [2.75, 3.05) is 0 Å². The van der Waals surface area contributed by atoms with Gasteiger partial charge < -0.3 is 10.5 Å². The fourth-order valence-corrected chi connectivity index (χ4v) is 1.84. The lowest BCUT2D eigenvalue weighted by atomic mass is 10.1. The van der Waals surface area contributed by atoms with Crippen LogP contribution in [-0.4, -0.2) is 9.78 Å². The minimum absolute atomic E-state index is 0.360. The summed E-state index contributed by atoms with van der Waals surface area (Å²) in [5.41, 5.74) is 6.98. The zero-order valence-electron chi connectivity index (χ0n) is 10.6. The van der Waals surface area contributed by atoms with Crippen LogP contribution in [0.25, 0.3) is 0 Å². The molecule has 5 heteroatoms. The second-order valence-electron chi connectivity index (χ2n) is 4.29. The second kappa shape index (κ2) is 4.78. The largest absolute Gasteiger partial charge is 0.439 e. The zero-order chi connectivity index (χ0) is 13.3. The lowest BCUT2D eigenvalue weighted by Crippen LogP contribution is -2.09. The molecule has 1 aromatic heterocycles. The van der Waals surface area contributed by atoms with Gasteiger partial charge in [0.05, 0.1) is 5.69 Å². The van der Waals surface area contributed by atoms with Gasteiger partial charge in [0.25, 0.3) is 0 Å². The average molecular weight is 249 g/mol. The van der Waals surface area contributed by atoms with E-state index in [1.54, 1.807) is 36.9 Å². The summed E-state index contributed by atoms with van der Waals surface area (Å²) in [5.74, 6) is 0.620. The normalized spacial score (nSPS) is 12.5. The lowest BCUT2D eigenvalue weighted by molar-refractivity contribution is 0.417. The molecule has 0 amide bonds. The van der Waals surface area contributed by atoms with Gasteiger partial charge in [-0.1, -0.05) is 6.07 Å². The smallest absolute Gasteiger partial charge is 0.217 e. The fourth-order valence-electron chi connectivity index (χ4n) is 1.84. The van der Waals surface area contributed by atoms with E-state index in [1.165, 1.54) is 6.07 Å². The molecule has 0 spiro atoms. The van der Waals surface area contributed by atoms with E-state index in [0.29, 0.717) is 17.2 Å². The van der Waals surface area contributed by atoms with E-state index in [2.05, 4.69) is 5.10 Å². The Labute approximate surface area is 105 Å². The first-order valence-corrected chi connectivity index (χ1v) is 5.71. The van der Waals surface area contributed by atoms with Crippen molar-refractivity contribution >= 4 is 0 Å². The maximum atomic E-state index is 13.7. The maximum absolute atomic E-state index is 13.7. The number of halogens is 1. The number of aryl methyl sites for hydroxylation is 2. The highest BCUT2D eigenvalue weighted by Crippen LogP contribution is 2.30. The van der Waals surface area contributed by atoms with Crippen LogP contribution in [0.15, 0.2) is 24.3 Å². The molecule has 0 radical (unpaired) electrons. The zero-order valence-corrected chi connectivity index (χ0v) is 10.6. The molecule has 96 valence electrons. The Morgan fingerprint density at radius 3 is 2.72 bits per heavy atom. The van der Waals surface area contributed by atoms with Gasteiger partial charge in [0.2, 0.25) is 5.88 Å². The number of ether oxygens (including phenoxy) is 1. The van der Waals surface area contributed by atoms with Crippen molar-refractivity contribution in [2.45, 2.75) is 19.9 Å². The van der Waals surface area contributed by atoms with E-state index in [9.17, 15) is 4.39 Å². The highest BCUT2D eigenvalue weighted by molar-refractivity contribution is 5.39. The quantitative estimate of drug-likeness (QED) is 0.909. The van der Waals surface area contributed by atoms with Crippen molar-refractivity contribution in [3.63, 3.8) is 0 Å². The Balaban J connectivity index is 2.40. The highest BCUT2D eigenvalue weighted by atomic mass is 19.1. The van der Waals surface area contributed by atoms with Crippen LogP contribution in [0.1, 0.15) is 24.2 Å². The van der Waals surface area contributed by atoms with Crippen LogP contribution in [0.4, 0.5) is 4.39 Å². The van der Waals surface area contributed by atoms with Gasteiger partial charge in [-0.05, 0) is 26.0 Å². The van der Waals surface area contributed by atoms with Gasteiger partial charge in [-0.15, -0.1) is 0 Å². The van der Waals surface area contributed by atoms with E-state index in [0.717, 1.165) is 5.69 Å². The van der Waals surface area contributed by atoms with Crippen molar-refractivity contribution in [2.24, 2.45) is 12.8 Å². The average Bonchev–Trinajstić information content (AvgIpc) is 2.57. The van der Waals surface area contributed by atoms with Crippen LogP contribution in [0.3, 0.4) is 0 Å². The summed E-state index contributed by atoms with van der Waals surface area (Å²) >= 11 is 0. The number of rotatable bonds is 3. The van der Waals surface area contributed by atoms with Gasteiger partial charge in [-0.3, -0.25) is 0 Å². The number of hydrogen-bond donors (Lipinski definition) is 1. The molecule has 0 fully saturated rings. The summed E-state index contributed by atoms with van der Waals surface area (Å²) in [5, 5.41) is 4.17. The number of benzene rings is 1. The maximum Gasteiger partial charge on any atom is 0.217 e. The summed E-state index contributed by atoms with van der Waals surface area (Å²) in [6.45, 7) is 3.59. The lowest BCUT2D eigenvalue weighted by Gasteiger charge is -2.14. The Morgan fingerprint density at radius 2 is 2.17 bits per heavy atom. The number of aromatic nitrogens is 2. The van der Waals surface area contributed by atoms with Crippen molar-refractivity contribution < 1.29 is 9.13 Å². The molecular formula is C13H16FN3O. The van der Waals surface area contributed by atoms with E-state index in [-0.39, 0.29) is 5.82 Å². The third-order valence-electron chi connectivity index (χ3n) is 2.64. The molecule has 1 heterocycles. The van der Waals surface area contributed by atoms with Crippen molar-refractivity contribution in [1.82, 2.24) is 9.78 Å². The van der Waals surface area contributed by atoms with Gasteiger partial charge in [0.1, 0.15) is 11.6 Å². The third-order valence-corrected chi connectivity index (χ3v) is 2.64. The second-order valence-corrected chi connectivity index (χ2v) is 4.29. The molecule has 1 aromatic carbocycles. The van der Waals surface area contributed by atoms with E-state index in [4.69, 9.17) is 10.5 Å². The molecular weight excluding hydrogens is 233 g/mol. The van der Waals surface area contributed by atoms with Crippen LogP contribution in [0, 0.1) is 12.7 Å². The molecule has 0 bridgehead atoms. The Hall–Kier alpha value is -1.88. The molecule has 0 saturated carbocycles. The Bertz CT molecular complexity index is 563. The standard InChI is InChI=1S/C13H16FN3O/c1-8-7-12(17(3)16-8)18-11-6-4-5-10(14)13(11)9(2)15/h4-7,9H,15H2,1-3H3/t9-/m1/s1. The van der Waals surface area contributed by atoms with Crippen molar-refractivity contribution in [3.8, 4) is 11.6 Å². The van der Waals surface area contributed by atoms with E-state index in [1.807, 2.05) is 6.92 Å². The van der Waals surface area contributed by atoms with Gasteiger partial charge in [-0.25, -0.2) is 9.07 Å². The van der Waals surface area contributed by atoms with Gasteiger partial charge >= 0.3 is 0 Å². The summed E-state index contributed by atoms with van der Waals surface area (Å²) in [4.78, 5) is 0. The van der Waals surface area contributed by atoms with Crippen molar-refractivity contribution in [3.05, 3.63) is 41.3 Å². The van der Waals surface area contributed by atoms with Crippen LogP contribution in [0.5, 0.6) is 11.6 Å². The van der Waals surface area contributed by atoms with Gasteiger partial charge in [0.15, 0.2) is 0 Å². The van der Waals surface area contributed by atoms with Crippen LogP contribution in [0.2, 0.25) is 0 Å². The molecule has 2 rings (SSSR count). The van der Waals surface area contributed by atoms with Gasteiger partial charge in [0, 0.05) is 24.7 Å². The molecule has 0 aliphatic carbocycles. The fraction of sp³-hybridized carbons (Fsp3) is 0.308. The minimum Gasteiger partial charge on any atom is -0.439 e. The Kier molecular flexibility index (Phi) is 3.34. The number of hydrogen-bond acceptors (Lipinski definition) is 3. The first kappa shape index (κ1) is 12.6. The Morgan fingerprint density at radius 1 is 1.44 bits per heavy atom. The van der Waals surface area contributed by atoms with Crippen molar-refractivity contribution in [1.29, 1.82) is 0 Å². The monoisotopic (exact) mass is 249 g/mol. The molecule has 0 aliphatic rings. The SMILES string of the molecule is Cc1cc(Oc2cccc(F)c2[C@@H](C)N)n(C)n1. The topological polar surface area (TPSA) is 53.1 Å². The summed E-state index contributed by atoms with van der Waals surface area (Å²) < 4.78 is 21.0. The molecule has 1 atom stereocenters. The summed E-state index contributed by atoms with van der Waals surface area (Å²) in [6, 6.07) is 6.02. The third kappa shape index (κ3) is 2.36. The molecule has 2 N–H and O–H groups in total. The molecule has 2 aromatic rings. The van der Waals surface area contributed by atoms with E-state index < -0.39 is 6.04 Å². The number of nitrogens with zero attached hydrogens (tertiary/aromatic N) is 2. The summed E-state index contributed by atoms with van der Waals surface area (Å²) in [6.07, 6.45) is 0. The molecule has 4 nitrogen and oxygen atoms in total. The van der Waals surface area contributed by atoms with Crippen LogP contribution in [-0.2, 0) is 7.05 Å². The molecule has 18 heavy (non-hydrogen) atoms. The van der Waals surface area contributed by atoms with Crippen LogP contribution < -0.4 is 10.5 Å². The van der Waals surface area contributed by atoms with Crippen LogP contribution >= 0.6 is 0 Å². The first-order chi connectivity index (χ1) is 8.49. The minimum atomic E-state index is -0.435. The summed E-state index contributed by atoms with van der Waals surface area (Å²) in [7, 11) is 1.77. The van der Waals surface area contributed by atoms with E-state index >= 15 is 0 Å². The number of nitrogens with two attached hydrogens (primary N) is 1.